The van der Waals surface area contributed by atoms with Crippen LogP contribution in [0.1, 0.15) is 11.3 Å². The molecule has 0 atom stereocenters. The molecule has 4 nitrogen and oxygen atoms in total. The zero-order chi connectivity index (χ0) is 16.1. The maximum atomic E-state index is 14.3. The number of nitrogens with zero attached hydrogens (tertiary/aromatic N) is 2. The number of imidazole rings is 1. The Morgan fingerprint density at radius 1 is 1.09 bits per heavy atom. The average Bonchev–Trinajstić information content (AvgIpc) is 2.92. The summed E-state index contributed by atoms with van der Waals surface area (Å²) in [5, 5.41) is 1.50. The molecule has 0 saturated carbocycles. The van der Waals surface area contributed by atoms with Crippen LogP contribution in [0.15, 0.2) is 47.7 Å². The van der Waals surface area contributed by atoms with E-state index in [1.165, 1.54) is 6.07 Å². The molecular formula is C18H14FN3O. The molecule has 0 fully saturated rings. The van der Waals surface area contributed by atoms with Crippen LogP contribution in [0.25, 0.3) is 27.5 Å². The van der Waals surface area contributed by atoms with Gasteiger partial charge in [-0.2, -0.15) is 0 Å². The van der Waals surface area contributed by atoms with Crippen molar-refractivity contribution >= 4 is 16.4 Å². The second-order valence-electron chi connectivity index (χ2n) is 5.75. The van der Waals surface area contributed by atoms with Crippen molar-refractivity contribution in [2.75, 3.05) is 0 Å². The third kappa shape index (κ3) is 2.12. The molecule has 0 unspecified atom stereocenters. The second-order valence-corrected chi connectivity index (χ2v) is 5.75. The van der Waals surface area contributed by atoms with Crippen LogP contribution in [-0.2, 0) is 0 Å². The number of H-pyrrole nitrogens is 1. The molecule has 5 heteroatoms. The van der Waals surface area contributed by atoms with Gasteiger partial charge in [0.15, 0.2) is 11.5 Å². The number of hydrogen-bond acceptors (Lipinski definition) is 2. The molecule has 0 spiro atoms. The highest BCUT2D eigenvalue weighted by Gasteiger charge is 2.10. The predicted octanol–water partition coefficient (Wildman–Crippen LogP) is 3.60. The van der Waals surface area contributed by atoms with Crippen molar-refractivity contribution in [1.82, 2.24) is 14.4 Å². The molecule has 0 saturated heterocycles. The molecule has 3 heterocycles. The summed E-state index contributed by atoms with van der Waals surface area (Å²) in [4.78, 5) is 18.8. The third-order valence-corrected chi connectivity index (χ3v) is 4.07. The molecule has 3 aromatic heterocycles. The first-order chi connectivity index (χ1) is 11.0. The lowest BCUT2D eigenvalue weighted by molar-refractivity contribution is 0.630. The van der Waals surface area contributed by atoms with Crippen LogP contribution in [0.2, 0.25) is 0 Å². The molecule has 0 aliphatic heterocycles. The Hall–Kier alpha value is -2.95. The lowest BCUT2D eigenvalue weighted by atomic mass is 10.0. The van der Waals surface area contributed by atoms with Crippen LogP contribution in [0.5, 0.6) is 0 Å². The van der Waals surface area contributed by atoms with Crippen LogP contribution in [0, 0.1) is 19.7 Å². The van der Waals surface area contributed by atoms with E-state index >= 15 is 0 Å². The molecule has 23 heavy (non-hydrogen) atoms. The number of benzene rings is 1. The van der Waals surface area contributed by atoms with Gasteiger partial charge in [0, 0.05) is 29.5 Å². The van der Waals surface area contributed by atoms with Crippen molar-refractivity contribution in [3.63, 3.8) is 0 Å². The number of pyridine rings is 2. The monoisotopic (exact) mass is 307 g/mol. The average molecular weight is 307 g/mol. The molecule has 0 aliphatic carbocycles. The van der Waals surface area contributed by atoms with E-state index in [0.717, 1.165) is 27.8 Å². The van der Waals surface area contributed by atoms with Gasteiger partial charge in [-0.15, -0.1) is 0 Å². The highest BCUT2D eigenvalue weighted by atomic mass is 19.1. The van der Waals surface area contributed by atoms with Crippen molar-refractivity contribution in [2.45, 2.75) is 13.8 Å². The number of fused-ring (bicyclic) bond motifs is 2. The van der Waals surface area contributed by atoms with Gasteiger partial charge in [-0.1, -0.05) is 6.07 Å². The summed E-state index contributed by atoms with van der Waals surface area (Å²) in [7, 11) is 0. The van der Waals surface area contributed by atoms with Gasteiger partial charge in [0.2, 0.25) is 0 Å². The molecule has 1 aromatic carbocycles. The summed E-state index contributed by atoms with van der Waals surface area (Å²) >= 11 is 0. The van der Waals surface area contributed by atoms with Crippen molar-refractivity contribution in [2.24, 2.45) is 0 Å². The van der Waals surface area contributed by atoms with Crippen molar-refractivity contribution < 1.29 is 4.39 Å². The smallest absolute Gasteiger partial charge is 0.255 e. The van der Waals surface area contributed by atoms with E-state index in [0.29, 0.717) is 11.0 Å². The number of aromatic amines is 1. The quantitative estimate of drug-likeness (QED) is 0.584. The predicted molar refractivity (Wildman–Crippen MR) is 88.2 cm³/mol. The van der Waals surface area contributed by atoms with Gasteiger partial charge >= 0.3 is 0 Å². The van der Waals surface area contributed by atoms with E-state index in [2.05, 4.69) is 9.97 Å². The fourth-order valence-electron chi connectivity index (χ4n) is 2.91. The van der Waals surface area contributed by atoms with Gasteiger partial charge < -0.3 is 9.38 Å². The maximum absolute atomic E-state index is 14.3. The first-order valence-electron chi connectivity index (χ1n) is 7.30. The number of nitrogens with one attached hydrogen (secondary N) is 1. The number of aromatic nitrogens is 3. The fourth-order valence-corrected chi connectivity index (χ4v) is 2.91. The highest BCUT2D eigenvalue weighted by Crippen LogP contribution is 2.26. The number of aryl methyl sites for hydroxylation is 2. The minimum absolute atomic E-state index is 0.121. The molecule has 4 rings (SSSR count). The van der Waals surface area contributed by atoms with Gasteiger partial charge in [0.25, 0.3) is 5.56 Å². The number of hydrogen-bond donors (Lipinski definition) is 1. The number of halogens is 1. The van der Waals surface area contributed by atoms with Gasteiger partial charge in [-0.3, -0.25) is 4.79 Å². The molecule has 0 aliphatic rings. The lowest BCUT2D eigenvalue weighted by Crippen LogP contribution is -2.05. The van der Waals surface area contributed by atoms with E-state index in [9.17, 15) is 9.18 Å². The van der Waals surface area contributed by atoms with Crippen LogP contribution in [0.4, 0.5) is 4.39 Å². The van der Waals surface area contributed by atoms with E-state index in [4.69, 9.17) is 0 Å². The maximum Gasteiger partial charge on any atom is 0.255 e. The first kappa shape index (κ1) is 13.7. The molecule has 0 bridgehead atoms. The summed E-state index contributed by atoms with van der Waals surface area (Å²) in [5.74, 6) is -0.363. The van der Waals surface area contributed by atoms with Crippen LogP contribution < -0.4 is 5.56 Å². The van der Waals surface area contributed by atoms with Crippen molar-refractivity contribution in [3.8, 4) is 11.1 Å². The normalized spacial score (nSPS) is 11.4. The van der Waals surface area contributed by atoms with Gasteiger partial charge in [-0.25, -0.2) is 9.37 Å². The zero-order valence-electron chi connectivity index (χ0n) is 12.7. The van der Waals surface area contributed by atoms with E-state index in [-0.39, 0.29) is 11.4 Å². The van der Waals surface area contributed by atoms with Crippen LogP contribution in [0.3, 0.4) is 0 Å². The fraction of sp³-hybridized carbons (Fsp3) is 0.111. The van der Waals surface area contributed by atoms with Crippen LogP contribution >= 0.6 is 0 Å². The molecule has 0 radical (unpaired) electrons. The Morgan fingerprint density at radius 2 is 1.91 bits per heavy atom. The summed E-state index contributed by atoms with van der Waals surface area (Å²) in [5.41, 5.74) is 3.54. The Bertz CT molecular complexity index is 1120. The Morgan fingerprint density at radius 3 is 2.74 bits per heavy atom. The summed E-state index contributed by atoms with van der Waals surface area (Å²) < 4.78 is 16.0. The standard InChI is InChI=1S/C18H14FN3O/c1-10-7-20-18(23)14-4-3-12(5-15(10)14)13-6-16(19)17-21-11(2)8-22(17)9-13/h3-9H,1-2H3,(H,20,23). The topological polar surface area (TPSA) is 50.2 Å². The highest BCUT2D eigenvalue weighted by molar-refractivity contribution is 5.89. The Labute approximate surface area is 131 Å². The zero-order valence-corrected chi connectivity index (χ0v) is 12.7. The van der Waals surface area contributed by atoms with E-state index < -0.39 is 0 Å². The minimum atomic E-state index is -0.363. The molecule has 4 aromatic rings. The molecular weight excluding hydrogens is 293 g/mol. The summed E-state index contributed by atoms with van der Waals surface area (Å²) in [6.07, 6.45) is 5.33. The summed E-state index contributed by atoms with van der Waals surface area (Å²) in [6.45, 7) is 3.77. The molecule has 114 valence electrons. The Kier molecular flexibility index (Phi) is 2.84. The first-order valence-corrected chi connectivity index (χ1v) is 7.30. The molecule has 1 N–H and O–H groups in total. The third-order valence-electron chi connectivity index (χ3n) is 4.07. The van der Waals surface area contributed by atoms with Crippen LogP contribution in [-0.4, -0.2) is 14.4 Å². The lowest BCUT2D eigenvalue weighted by Gasteiger charge is -2.07. The largest absolute Gasteiger partial charge is 0.328 e. The van der Waals surface area contributed by atoms with E-state index in [1.807, 2.05) is 32.2 Å². The van der Waals surface area contributed by atoms with Gasteiger partial charge in [-0.05, 0) is 48.6 Å². The van der Waals surface area contributed by atoms with Crippen molar-refractivity contribution in [1.29, 1.82) is 0 Å². The summed E-state index contributed by atoms with van der Waals surface area (Å²) in [6, 6.07) is 7.01. The Balaban J connectivity index is 1.98. The van der Waals surface area contributed by atoms with Gasteiger partial charge in [0.1, 0.15) is 0 Å². The second kappa shape index (κ2) is 4.78. The minimum Gasteiger partial charge on any atom is -0.328 e. The van der Waals surface area contributed by atoms with E-state index in [1.54, 1.807) is 22.9 Å². The number of rotatable bonds is 1. The van der Waals surface area contributed by atoms with Gasteiger partial charge in [0.05, 0.1) is 5.69 Å². The molecule has 0 amide bonds. The SMILES string of the molecule is Cc1cn2cc(-c3ccc4c(=O)[nH]cc(C)c4c3)cc(F)c2n1. The van der Waals surface area contributed by atoms with Crippen molar-refractivity contribution in [3.05, 3.63) is 70.3 Å².